The molecule has 0 saturated carbocycles. The number of rotatable bonds is 3. The lowest BCUT2D eigenvalue weighted by Gasteiger charge is -2.20. The second-order valence-electron chi connectivity index (χ2n) is 6.68. The first-order chi connectivity index (χ1) is 8.80. The van der Waals surface area contributed by atoms with E-state index in [0.29, 0.717) is 0 Å². The van der Waals surface area contributed by atoms with E-state index in [0.717, 1.165) is 0 Å². The summed E-state index contributed by atoms with van der Waals surface area (Å²) in [5.74, 6) is -0.482. The first kappa shape index (κ1) is 16.7. The number of amides is 1. The summed E-state index contributed by atoms with van der Waals surface area (Å²) < 4.78 is 31.7. The van der Waals surface area contributed by atoms with Crippen LogP contribution in [0.2, 0.25) is 0 Å². The van der Waals surface area contributed by atoms with Crippen LogP contribution in [0.15, 0.2) is 21.6 Å². The van der Waals surface area contributed by atoms with E-state index in [9.17, 15) is 13.2 Å². The molecule has 2 N–H and O–H groups in total. The monoisotopic (exact) mass is 302 g/mol. The van der Waals surface area contributed by atoms with E-state index in [1.165, 1.54) is 12.1 Å². The molecule has 0 aliphatic carbocycles. The van der Waals surface area contributed by atoms with E-state index in [1.54, 1.807) is 20.8 Å². The van der Waals surface area contributed by atoms with E-state index in [4.69, 9.17) is 4.42 Å². The van der Waals surface area contributed by atoms with Crippen LogP contribution in [0.3, 0.4) is 0 Å². The molecule has 1 amide bonds. The summed E-state index contributed by atoms with van der Waals surface area (Å²) in [4.78, 5) is 11.9. The number of carbonyl (C=O) groups excluding carboxylic acids is 1. The van der Waals surface area contributed by atoms with Crippen LogP contribution in [-0.4, -0.2) is 25.4 Å². The normalized spacial score (nSPS) is 13.3. The van der Waals surface area contributed by atoms with Crippen LogP contribution < -0.4 is 10.0 Å². The summed E-state index contributed by atoms with van der Waals surface area (Å²) in [6, 6.07) is 2.62. The third-order valence-corrected chi connectivity index (χ3v) is 3.63. The Bertz CT molecular complexity index is 589. The molecule has 1 heterocycles. The van der Waals surface area contributed by atoms with Crippen molar-refractivity contribution >= 4 is 15.9 Å². The molecule has 1 aromatic heterocycles. The zero-order chi connectivity index (χ0) is 15.8. The predicted octanol–water partition coefficient (Wildman–Crippen LogP) is 1.88. The van der Waals surface area contributed by atoms with E-state index < -0.39 is 27.0 Å². The van der Waals surface area contributed by atoms with Gasteiger partial charge >= 0.3 is 0 Å². The maximum Gasteiger partial charge on any atom is 0.287 e. The van der Waals surface area contributed by atoms with E-state index in [2.05, 4.69) is 10.0 Å². The fourth-order valence-corrected chi connectivity index (χ4v) is 2.80. The van der Waals surface area contributed by atoms with Crippen LogP contribution in [-0.2, 0) is 10.0 Å². The van der Waals surface area contributed by atoms with Crippen LogP contribution in [0.5, 0.6) is 0 Å². The lowest BCUT2D eigenvalue weighted by Crippen LogP contribution is -2.40. The van der Waals surface area contributed by atoms with Gasteiger partial charge in [0.15, 0.2) is 5.76 Å². The summed E-state index contributed by atoms with van der Waals surface area (Å²) in [6.45, 7) is 10.6. The van der Waals surface area contributed by atoms with Crippen LogP contribution >= 0.6 is 0 Å². The van der Waals surface area contributed by atoms with Gasteiger partial charge in [0.05, 0.1) is 0 Å². The molecule has 20 heavy (non-hydrogen) atoms. The Morgan fingerprint density at radius 1 is 1.05 bits per heavy atom. The number of furan rings is 1. The van der Waals surface area contributed by atoms with Gasteiger partial charge in [0.1, 0.15) is 0 Å². The Hall–Kier alpha value is -1.34. The van der Waals surface area contributed by atoms with Crippen molar-refractivity contribution in [2.45, 2.75) is 57.7 Å². The van der Waals surface area contributed by atoms with Gasteiger partial charge in [-0.2, -0.15) is 0 Å². The molecule has 0 aliphatic rings. The Balaban J connectivity index is 2.96. The largest absolute Gasteiger partial charge is 0.438 e. The highest BCUT2D eigenvalue weighted by Gasteiger charge is 2.26. The Labute approximate surface area is 120 Å². The van der Waals surface area contributed by atoms with Crippen molar-refractivity contribution in [1.29, 1.82) is 0 Å². The zero-order valence-electron chi connectivity index (χ0n) is 12.7. The second kappa shape index (κ2) is 5.21. The number of hydrogen-bond acceptors (Lipinski definition) is 4. The number of nitrogens with one attached hydrogen (secondary N) is 2. The summed E-state index contributed by atoms with van der Waals surface area (Å²) in [5.41, 5.74) is -1.05. The number of sulfonamides is 1. The number of hydrogen-bond donors (Lipinski definition) is 2. The minimum atomic E-state index is -3.77. The van der Waals surface area contributed by atoms with Gasteiger partial charge in [-0.3, -0.25) is 4.79 Å². The highest BCUT2D eigenvalue weighted by Crippen LogP contribution is 2.17. The maximum atomic E-state index is 12.0. The summed E-state index contributed by atoms with van der Waals surface area (Å²) in [5, 5.41) is 2.43. The molecule has 114 valence electrons. The van der Waals surface area contributed by atoms with Gasteiger partial charge in [0, 0.05) is 11.1 Å². The number of carbonyl (C=O) groups is 1. The van der Waals surface area contributed by atoms with Crippen LogP contribution in [0.25, 0.3) is 0 Å². The zero-order valence-corrected chi connectivity index (χ0v) is 13.5. The molecule has 0 aliphatic heterocycles. The Morgan fingerprint density at radius 2 is 1.60 bits per heavy atom. The molecule has 0 saturated heterocycles. The molecule has 0 fully saturated rings. The molecular weight excluding hydrogens is 280 g/mol. The molecular formula is C13H22N2O4S. The Kier molecular flexibility index (Phi) is 4.36. The average molecular weight is 302 g/mol. The van der Waals surface area contributed by atoms with Crippen LogP contribution in [0, 0.1) is 0 Å². The van der Waals surface area contributed by atoms with Gasteiger partial charge in [0.2, 0.25) is 5.09 Å². The Morgan fingerprint density at radius 3 is 2.05 bits per heavy atom. The van der Waals surface area contributed by atoms with Gasteiger partial charge in [-0.1, -0.05) is 0 Å². The van der Waals surface area contributed by atoms with Crippen molar-refractivity contribution in [2.24, 2.45) is 0 Å². The third kappa shape index (κ3) is 4.97. The van der Waals surface area contributed by atoms with Crippen molar-refractivity contribution in [1.82, 2.24) is 10.0 Å². The van der Waals surface area contributed by atoms with E-state index in [1.807, 2.05) is 20.8 Å². The topological polar surface area (TPSA) is 88.4 Å². The molecule has 6 nitrogen and oxygen atoms in total. The lowest BCUT2D eigenvalue weighted by molar-refractivity contribution is 0.0885. The highest BCUT2D eigenvalue weighted by molar-refractivity contribution is 7.89. The lowest BCUT2D eigenvalue weighted by atomic mass is 10.1. The molecule has 0 atom stereocenters. The smallest absolute Gasteiger partial charge is 0.287 e. The molecule has 0 bridgehead atoms. The summed E-state index contributed by atoms with van der Waals surface area (Å²) in [7, 11) is -3.77. The highest BCUT2D eigenvalue weighted by atomic mass is 32.2. The minimum Gasteiger partial charge on any atom is -0.438 e. The fraction of sp³-hybridized carbons (Fsp3) is 0.615. The van der Waals surface area contributed by atoms with Crippen molar-refractivity contribution in [3.05, 3.63) is 17.9 Å². The van der Waals surface area contributed by atoms with Crippen molar-refractivity contribution in [2.75, 3.05) is 0 Å². The van der Waals surface area contributed by atoms with Gasteiger partial charge in [-0.15, -0.1) is 0 Å². The first-order valence-corrected chi connectivity index (χ1v) is 7.75. The second-order valence-corrected chi connectivity index (χ2v) is 8.29. The van der Waals surface area contributed by atoms with Gasteiger partial charge in [-0.25, -0.2) is 13.1 Å². The average Bonchev–Trinajstić information content (AvgIpc) is 2.58. The molecule has 1 aromatic rings. The molecule has 0 spiro atoms. The third-order valence-electron chi connectivity index (χ3n) is 2.00. The molecule has 0 aromatic carbocycles. The predicted molar refractivity (Wildman–Crippen MR) is 76.0 cm³/mol. The molecule has 0 unspecified atom stereocenters. The van der Waals surface area contributed by atoms with E-state index in [-0.39, 0.29) is 10.9 Å². The molecule has 1 rings (SSSR count). The summed E-state index contributed by atoms with van der Waals surface area (Å²) in [6.07, 6.45) is 0. The molecule has 7 heteroatoms. The van der Waals surface area contributed by atoms with Crippen molar-refractivity contribution < 1.29 is 17.6 Å². The summed E-state index contributed by atoms with van der Waals surface area (Å²) >= 11 is 0. The van der Waals surface area contributed by atoms with E-state index >= 15 is 0 Å². The van der Waals surface area contributed by atoms with Crippen molar-refractivity contribution in [3.63, 3.8) is 0 Å². The van der Waals surface area contributed by atoms with Crippen LogP contribution in [0.1, 0.15) is 52.1 Å². The van der Waals surface area contributed by atoms with Crippen molar-refractivity contribution in [3.8, 4) is 0 Å². The van der Waals surface area contributed by atoms with Gasteiger partial charge in [0.25, 0.3) is 15.9 Å². The molecule has 0 radical (unpaired) electrons. The SMILES string of the molecule is CC(C)(C)NC(=O)c1ccc(S(=O)(=O)NC(C)(C)C)o1. The quantitative estimate of drug-likeness (QED) is 0.892. The minimum absolute atomic E-state index is 0.0331. The maximum absolute atomic E-state index is 12.0. The fourth-order valence-electron chi connectivity index (χ4n) is 1.44. The van der Waals surface area contributed by atoms with Crippen LogP contribution in [0.4, 0.5) is 0 Å². The van der Waals surface area contributed by atoms with Gasteiger partial charge < -0.3 is 9.73 Å². The standard InChI is InChI=1S/C13H22N2O4S/c1-12(2,3)14-11(16)9-7-8-10(19-9)20(17,18)15-13(4,5)6/h7-8,15H,1-6H3,(H,14,16). The van der Waals surface area contributed by atoms with Gasteiger partial charge in [-0.05, 0) is 53.7 Å². The first-order valence-electron chi connectivity index (χ1n) is 6.26.